The third-order valence-corrected chi connectivity index (χ3v) is 3.99. The van der Waals surface area contributed by atoms with Crippen LogP contribution in [0.15, 0.2) is 54.6 Å². The SMILES string of the molecule is CC(=O)c1ccc(OC[C@@H](O)C[NH+](CCO)Cc2ccccc2)cc1. The van der Waals surface area contributed by atoms with Gasteiger partial charge in [-0.25, -0.2) is 0 Å². The number of carbonyl (C=O) groups excluding carboxylic acids is 1. The van der Waals surface area contributed by atoms with Crippen molar-refractivity contribution in [1.82, 2.24) is 0 Å². The minimum Gasteiger partial charge on any atom is -0.491 e. The van der Waals surface area contributed by atoms with Crippen LogP contribution in [-0.2, 0) is 6.54 Å². The van der Waals surface area contributed by atoms with Gasteiger partial charge in [-0.1, -0.05) is 30.3 Å². The van der Waals surface area contributed by atoms with Crippen molar-refractivity contribution in [1.29, 1.82) is 0 Å². The third kappa shape index (κ3) is 6.66. The van der Waals surface area contributed by atoms with Crippen molar-refractivity contribution < 1.29 is 24.6 Å². The van der Waals surface area contributed by atoms with Gasteiger partial charge < -0.3 is 19.8 Å². The second-order valence-corrected chi connectivity index (χ2v) is 6.14. The van der Waals surface area contributed by atoms with Crippen LogP contribution < -0.4 is 9.64 Å². The zero-order chi connectivity index (χ0) is 18.1. The molecule has 2 aromatic carbocycles. The average molecular weight is 344 g/mol. The quantitative estimate of drug-likeness (QED) is 0.555. The van der Waals surface area contributed by atoms with Gasteiger partial charge in [-0.3, -0.25) is 4.79 Å². The van der Waals surface area contributed by atoms with Crippen molar-refractivity contribution in [2.45, 2.75) is 19.6 Å². The van der Waals surface area contributed by atoms with Gasteiger partial charge in [0.1, 0.15) is 38.1 Å². The predicted octanol–water partition coefficient (Wildman–Crippen LogP) is 0.706. The first kappa shape index (κ1) is 19.1. The molecule has 0 radical (unpaired) electrons. The number of ether oxygens (including phenoxy) is 1. The zero-order valence-electron chi connectivity index (χ0n) is 14.5. The lowest BCUT2D eigenvalue weighted by molar-refractivity contribution is -0.917. The molecule has 1 unspecified atom stereocenters. The van der Waals surface area contributed by atoms with E-state index in [2.05, 4.69) is 0 Å². The molecule has 0 fully saturated rings. The molecule has 3 N–H and O–H groups in total. The van der Waals surface area contributed by atoms with Crippen molar-refractivity contribution in [3.8, 4) is 5.75 Å². The third-order valence-electron chi connectivity index (χ3n) is 3.99. The molecule has 2 rings (SSSR count). The normalized spacial score (nSPS) is 13.2. The Bertz CT molecular complexity index is 643. The molecule has 0 aromatic heterocycles. The Hall–Kier alpha value is -2.21. The maximum absolute atomic E-state index is 11.3. The molecule has 0 saturated carbocycles. The number of quaternary nitrogens is 1. The van der Waals surface area contributed by atoms with E-state index < -0.39 is 6.10 Å². The van der Waals surface area contributed by atoms with Gasteiger partial charge in [0.05, 0.1) is 6.61 Å². The van der Waals surface area contributed by atoms with Crippen LogP contribution in [0.1, 0.15) is 22.8 Å². The van der Waals surface area contributed by atoms with Crippen molar-refractivity contribution in [2.75, 3.05) is 26.3 Å². The van der Waals surface area contributed by atoms with Crippen LogP contribution in [0.25, 0.3) is 0 Å². The molecular weight excluding hydrogens is 318 g/mol. The second kappa shape index (κ2) is 9.93. The van der Waals surface area contributed by atoms with Crippen LogP contribution in [0, 0.1) is 0 Å². The lowest BCUT2D eigenvalue weighted by Gasteiger charge is -2.22. The molecular formula is C20H26NO4+. The van der Waals surface area contributed by atoms with Crippen molar-refractivity contribution in [3.05, 3.63) is 65.7 Å². The van der Waals surface area contributed by atoms with Gasteiger partial charge in [0.25, 0.3) is 0 Å². The maximum Gasteiger partial charge on any atom is 0.159 e. The molecule has 0 aliphatic carbocycles. The monoisotopic (exact) mass is 344 g/mol. The lowest BCUT2D eigenvalue weighted by atomic mass is 10.1. The van der Waals surface area contributed by atoms with Gasteiger partial charge in [-0.2, -0.15) is 0 Å². The summed E-state index contributed by atoms with van der Waals surface area (Å²) in [6.07, 6.45) is -0.641. The van der Waals surface area contributed by atoms with Gasteiger partial charge >= 0.3 is 0 Å². The van der Waals surface area contributed by atoms with Crippen LogP contribution in [0.2, 0.25) is 0 Å². The molecule has 2 atom stereocenters. The summed E-state index contributed by atoms with van der Waals surface area (Å²) >= 11 is 0. The Kier molecular flexibility index (Phi) is 7.60. The highest BCUT2D eigenvalue weighted by Crippen LogP contribution is 2.12. The first-order valence-corrected chi connectivity index (χ1v) is 8.48. The predicted molar refractivity (Wildman–Crippen MR) is 95.9 cm³/mol. The van der Waals surface area contributed by atoms with Crippen LogP contribution in [0.3, 0.4) is 0 Å². The lowest BCUT2D eigenvalue weighted by Crippen LogP contribution is -3.12. The largest absolute Gasteiger partial charge is 0.491 e. The van der Waals surface area contributed by atoms with Gasteiger partial charge in [-0.05, 0) is 31.2 Å². The van der Waals surface area contributed by atoms with Gasteiger partial charge in [0.2, 0.25) is 0 Å². The molecule has 0 heterocycles. The Morgan fingerprint density at radius 3 is 2.40 bits per heavy atom. The fourth-order valence-corrected chi connectivity index (χ4v) is 2.68. The molecule has 2 aromatic rings. The van der Waals surface area contributed by atoms with E-state index in [1.807, 2.05) is 30.3 Å². The van der Waals surface area contributed by atoms with E-state index in [0.717, 1.165) is 11.4 Å². The molecule has 134 valence electrons. The Labute approximate surface area is 148 Å². The van der Waals surface area contributed by atoms with Crippen molar-refractivity contribution in [3.63, 3.8) is 0 Å². The minimum atomic E-state index is -0.641. The summed E-state index contributed by atoms with van der Waals surface area (Å²) < 4.78 is 5.59. The van der Waals surface area contributed by atoms with E-state index in [9.17, 15) is 15.0 Å². The van der Waals surface area contributed by atoms with Crippen molar-refractivity contribution >= 4 is 5.78 Å². The summed E-state index contributed by atoms with van der Waals surface area (Å²) in [5.74, 6) is 0.631. The number of nitrogens with one attached hydrogen (secondary N) is 1. The second-order valence-electron chi connectivity index (χ2n) is 6.14. The topological polar surface area (TPSA) is 71.2 Å². The maximum atomic E-state index is 11.3. The highest BCUT2D eigenvalue weighted by atomic mass is 16.5. The number of aliphatic hydroxyl groups excluding tert-OH is 2. The fourth-order valence-electron chi connectivity index (χ4n) is 2.68. The molecule has 0 saturated heterocycles. The first-order valence-electron chi connectivity index (χ1n) is 8.48. The summed E-state index contributed by atoms with van der Waals surface area (Å²) in [4.78, 5) is 12.3. The van der Waals surface area contributed by atoms with E-state index in [-0.39, 0.29) is 19.0 Å². The summed E-state index contributed by atoms with van der Waals surface area (Å²) in [5.41, 5.74) is 1.80. The molecule has 0 bridgehead atoms. The van der Waals surface area contributed by atoms with Crippen LogP contribution in [0.5, 0.6) is 5.75 Å². The zero-order valence-corrected chi connectivity index (χ0v) is 14.5. The molecule has 25 heavy (non-hydrogen) atoms. The van der Waals surface area contributed by atoms with Crippen molar-refractivity contribution in [2.24, 2.45) is 0 Å². The summed E-state index contributed by atoms with van der Waals surface area (Å²) in [6, 6.07) is 16.9. The van der Waals surface area contributed by atoms with E-state index >= 15 is 0 Å². The van der Waals surface area contributed by atoms with E-state index in [4.69, 9.17) is 4.74 Å². The van der Waals surface area contributed by atoms with Crippen LogP contribution >= 0.6 is 0 Å². The number of benzene rings is 2. The summed E-state index contributed by atoms with van der Waals surface area (Å²) in [6.45, 7) is 3.56. The molecule has 0 amide bonds. The number of rotatable bonds is 10. The number of ketones is 1. The Balaban J connectivity index is 1.83. The van der Waals surface area contributed by atoms with Crippen LogP contribution in [0.4, 0.5) is 0 Å². The number of aliphatic hydroxyl groups is 2. The molecule has 5 nitrogen and oxygen atoms in total. The Morgan fingerprint density at radius 1 is 1.12 bits per heavy atom. The number of Topliss-reactive ketones (excluding diaryl/α,β-unsaturated/α-hetero) is 1. The average Bonchev–Trinajstić information content (AvgIpc) is 2.61. The van der Waals surface area contributed by atoms with E-state index in [1.165, 1.54) is 12.5 Å². The molecule has 0 aliphatic rings. The number of hydrogen-bond donors (Lipinski definition) is 3. The molecule has 0 spiro atoms. The first-order chi connectivity index (χ1) is 12.1. The minimum absolute atomic E-state index is 0.00995. The highest BCUT2D eigenvalue weighted by molar-refractivity contribution is 5.94. The van der Waals surface area contributed by atoms with Crippen LogP contribution in [-0.4, -0.2) is 48.4 Å². The number of hydrogen-bond acceptors (Lipinski definition) is 4. The fraction of sp³-hybridized carbons (Fsp3) is 0.350. The highest BCUT2D eigenvalue weighted by Gasteiger charge is 2.16. The standard InChI is InChI=1S/C20H25NO4/c1-16(23)18-7-9-20(10-8-18)25-15-19(24)14-21(11-12-22)13-17-5-3-2-4-6-17/h2-10,19,22,24H,11-15H2,1H3/p+1/t19-/m0/s1. The molecule has 5 heteroatoms. The van der Waals surface area contributed by atoms with E-state index in [1.54, 1.807) is 24.3 Å². The molecule has 0 aliphatic heterocycles. The summed E-state index contributed by atoms with van der Waals surface area (Å²) in [5, 5.41) is 19.5. The smallest absolute Gasteiger partial charge is 0.159 e. The van der Waals surface area contributed by atoms with Gasteiger partial charge in [0.15, 0.2) is 5.78 Å². The van der Waals surface area contributed by atoms with Gasteiger partial charge in [-0.15, -0.1) is 0 Å². The van der Waals surface area contributed by atoms with Gasteiger partial charge in [0, 0.05) is 11.1 Å². The van der Waals surface area contributed by atoms with E-state index in [0.29, 0.717) is 24.4 Å². The summed E-state index contributed by atoms with van der Waals surface area (Å²) in [7, 11) is 0. The number of carbonyl (C=O) groups is 1. The Morgan fingerprint density at radius 2 is 1.80 bits per heavy atom.